The standard InChI is InChI=1S/C29H64NP.4ClH.Co/c1-11-13-15-17-19-21-24-30(9,10)25-23-27-31(28(3,4)5,29(6,7)8)26-22-20-18-16-14-12-2;;;;;/h11-27H2,1-10H3;4*1H;/q+2;;;;;+2/p-4. The molecular formula is C29H64Cl4CoNP. The van der Waals surface area contributed by atoms with E-state index in [1.54, 1.807) is 0 Å². The molecule has 0 heterocycles. The third kappa shape index (κ3) is 20.9. The monoisotopic (exact) mass is 656 g/mol. The topological polar surface area (TPSA) is 0 Å². The number of unbranched alkanes of at least 4 members (excludes halogenated alkanes) is 10. The molecule has 0 atom stereocenters. The van der Waals surface area contributed by atoms with Crippen molar-refractivity contribution in [2.24, 2.45) is 0 Å². The van der Waals surface area contributed by atoms with Crippen molar-refractivity contribution in [2.75, 3.05) is 39.5 Å². The summed E-state index contributed by atoms with van der Waals surface area (Å²) in [6.45, 7) is 22.8. The quantitative estimate of drug-likeness (QED) is 0.0781. The van der Waals surface area contributed by atoms with Gasteiger partial charge in [0.25, 0.3) is 0 Å². The second-order valence-corrected chi connectivity index (χ2v) is 29.1. The Kier molecular flexibility index (Phi) is 22.4. The fraction of sp³-hybridized carbons (Fsp3) is 1.00. The molecular weight excluding hydrogens is 594 g/mol. The number of rotatable bonds is 18. The van der Waals surface area contributed by atoms with E-state index < -0.39 is 16.3 Å². The summed E-state index contributed by atoms with van der Waals surface area (Å²) in [6, 6.07) is 0. The van der Waals surface area contributed by atoms with Crippen LogP contribution in [0.4, 0.5) is 0 Å². The van der Waals surface area contributed by atoms with Crippen LogP contribution in [0.1, 0.15) is 139 Å². The van der Waals surface area contributed by atoms with Crippen LogP contribution in [0, 0.1) is 0 Å². The minimum atomic E-state index is -2.49. The minimum absolute atomic E-state index is 0.463. The second kappa shape index (κ2) is 20.0. The van der Waals surface area contributed by atoms with Gasteiger partial charge in [-0.05, 0) is 67.2 Å². The number of halogens is 4. The summed E-state index contributed by atoms with van der Waals surface area (Å²) >= 11 is 0. The van der Waals surface area contributed by atoms with Gasteiger partial charge in [-0.2, -0.15) is 0 Å². The predicted molar refractivity (Wildman–Crippen MR) is 173 cm³/mol. The molecule has 0 saturated heterocycles. The molecule has 0 bridgehead atoms. The van der Waals surface area contributed by atoms with Crippen molar-refractivity contribution >= 4 is 47.8 Å². The van der Waals surface area contributed by atoms with Gasteiger partial charge in [-0.25, -0.2) is 0 Å². The predicted octanol–water partition coefficient (Wildman–Crippen LogP) is 12.5. The third-order valence-electron chi connectivity index (χ3n) is 7.88. The van der Waals surface area contributed by atoms with Crippen LogP contribution in [0.5, 0.6) is 0 Å². The summed E-state index contributed by atoms with van der Waals surface area (Å²) in [7, 11) is 21.2. The van der Waals surface area contributed by atoms with E-state index in [-0.39, 0.29) is 0 Å². The van der Waals surface area contributed by atoms with Crippen LogP contribution >= 0.6 is 47.8 Å². The van der Waals surface area contributed by atoms with E-state index in [4.69, 9.17) is 40.6 Å². The van der Waals surface area contributed by atoms with Crippen molar-refractivity contribution in [1.82, 2.24) is 0 Å². The maximum absolute atomic E-state index is 4.94. The van der Waals surface area contributed by atoms with E-state index in [9.17, 15) is 0 Å². The van der Waals surface area contributed by atoms with E-state index in [2.05, 4.69) is 69.5 Å². The Morgan fingerprint density at radius 2 is 0.833 bits per heavy atom. The Hall–Kier alpha value is 2.06. The average molecular weight is 659 g/mol. The van der Waals surface area contributed by atoms with E-state index >= 15 is 0 Å². The zero-order valence-corrected chi connectivity index (χ0v) is 30.7. The molecule has 0 aromatic heterocycles. The van der Waals surface area contributed by atoms with Crippen LogP contribution in [-0.2, 0) is 9.01 Å². The van der Waals surface area contributed by atoms with E-state index in [1.807, 2.05) is 0 Å². The molecule has 0 aromatic carbocycles. The molecule has 7 heteroatoms. The molecule has 0 aliphatic rings. The molecule has 0 spiro atoms. The van der Waals surface area contributed by atoms with Crippen molar-refractivity contribution in [2.45, 2.75) is 149 Å². The van der Waals surface area contributed by atoms with Crippen LogP contribution in [0.25, 0.3) is 0 Å². The number of hydrogen-bond donors (Lipinski definition) is 0. The fourth-order valence-corrected chi connectivity index (χ4v) is 12.2. The van der Waals surface area contributed by atoms with Crippen molar-refractivity contribution in [3.05, 3.63) is 0 Å². The van der Waals surface area contributed by atoms with Gasteiger partial charge in [0, 0.05) is 13.7 Å². The normalized spacial score (nSPS) is 13.9. The van der Waals surface area contributed by atoms with Gasteiger partial charge >= 0.3 is 49.6 Å². The van der Waals surface area contributed by atoms with E-state index in [0.717, 1.165) is 0 Å². The van der Waals surface area contributed by atoms with Gasteiger partial charge in [-0.15, -0.1) is 0 Å². The van der Waals surface area contributed by atoms with Gasteiger partial charge < -0.3 is 4.48 Å². The van der Waals surface area contributed by atoms with Gasteiger partial charge in [-0.3, -0.25) is 0 Å². The van der Waals surface area contributed by atoms with Crippen molar-refractivity contribution < 1.29 is 13.5 Å². The summed E-state index contributed by atoms with van der Waals surface area (Å²) < 4.78 is 1.22. The van der Waals surface area contributed by atoms with Crippen LogP contribution in [0.2, 0.25) is 0 Å². The number of hydrogen-bond acceptors (Lipinski definition) is 0. The molecule has 36 heavy (non-hydrogen) atoms. The molecule has 0 aliphatic heterocycles. The zero-order chi connectivity index (χ0) is 28.5. The molecule has 0 amide bonds. The Labute approximate surface area is 248 Å². The van der Waals surface area contributed by atoms with Crippen LogP contribution in [0.3, 0.4) is 0 Å². The second-order valence-electron chi connectivity index (χ2n) is 13.3. The first-order chi connectivity index (χ1) is 16.3. The van der Waals surface area contributed by atoms with Crippen molar-refractivity contribution in [1.29, 1.82) is 0 Å². The first-order valence-electron chi connectivity index (χ1n) is 14.5. The van der Waals surface area contributed by atoms with E-state index in [0.29, 0.717) is 10.3 Å². The first kappa shape index (κ1) is 40.2. The summed E-state index contributed by atoms with van der Waals surface area (Å²) in [6.07, 6.45) is 21.5. The average Bonchev–Trinajstić information content (AvgIpc) is 2.68. The molecule has 0 unspecified atom stereocenters. The molecule has 0 fully saturated rings. The molecule has 0 N–H and O–H groups in total. The Morgan fingerprint density at radius 3 is 1.22 bits per heavy atom. The summed E-state index contributed by atoms with van der Waals surface area (Å²) in [4.78, 5) is 0. The molecule has 0 aromatic rings. The number of quaternary nitrogens is 1. The van der Waals surface area contributed by atoms with Crippen molar-refractivity contribution in [3.63, 3.8) is 0 Å². The first-order valence-corrected chi connectivity index (χ1v) is 22.4. The fourth-order valence-electron chi connectivity index (χ4n) is 5.82. The summed E-state index contributed by atoms with van der Waals surface area (Å²) in [5.74, 6) is 0. The maximum atomic E-state index is 4.94. The number of nitrogens with zero attached hydrogens (tertiary/aromatic N) is 1. The molecule has 0 rings (SSSR count). The van der Waals surface area contributed by atoms with Gasteiger partial charge in [0.05, 0.1) is 49.8 Å². The molecule has 0 aliphatic carbocycles. The van der Waals surface area contributed by atoms with Gasteiger partial charge in [0.1, 0.15) is 0 Å². The van der Waals surface area contributed by atoms with Gasteiger partial charge in [-0.1, -0.05) is 65.2 Å². The van der Waals surface area contributed by atoms with Gasteiger partial charge in [0.2, 0.25) is 0 Å². The summed E-state index contributed by atoms with van der Waals surface area (Å²) in [5, 5.41) is 0.927. The molecule has 1 nitrogen and oxygen atoms in total. The van der Waals surface area contributed by atoms with Crippen LogP contribution < -0.4 is 0 Å². The van der Waals surface area contributed by atoms with Gasteiger partial charge in [0.15, 0.2) is 0 Å². The molecule has 227 valence electrons. The Bertz CT molecular complexity index is 505. The van der Waals surface area contributed by atoms with Crippen LogP contribution in [0.15, 0.2) is 0 Å². The Morgan fingerprint density at radius 1 is 0.528 bits per heavy atom. The molecule has 0 saturated carbocycles. The zero-order valence-electron chi connectivity index (χ0n) is 25.8. The van der Waals surface area contributed by atoms with Crippen molar-refractivity contribution in [3.8, 4) is 0 Å². The SMILES string of the molecule is CCCCCCCC[N+](C)(C)CCC[P+](CCCCCCCC)(C(C)(C)C)C(C)(C)C.[Cl][Co-2]([Cl])([Cl])[Cl]. The Balaban J connectivity index is 0. The summed E-state index contributed by atoms with van der Waals surface area (Å²) in [5.41, 5.74) is 0. The molecule has 0 radical (unpaired) electrons. The van der Waals surface area contributed by atoms with Crippen LogP contribution in [-0.4, -0.2) is 54.3 Å². The van der Waals surface area contributed by atoms with E-state index in [1.165, 1.54) is 113 Å². The third-order valence-corrected chi connectivity index (χ3v) is 15.2.